The molecule has 0 spiro atoms. The van der Waals surface area contributed by atoms with Gasteiger partial charge in [0.05, 0.1) is 82.9 Å². The van der Waals surface area contributed by atoms with E-state index < -0.39 is 63.9 Å². The van der Waals surface area contributed by atoms with E-state index in [0.717, 1.165) is 28.3 Å². The van der Waals surface area contributed by atoms with Gasteiger partial charge >= 0.3 is 17.1 Å². The summed E-state index contributed by atoms with van der Waals surface area (Å²) in [6, 6.07) is 20.7. The molecule has 34 heteroatoms. The molecule has 688 valence electrons. The quantitative estimate of drug-likeness (QED) is 0.0595. The number of hydrogen-bond donors (Lipinski definition) is 2. The third kappa shape index (κ3) is 18.5. The number of phenols is 1. The van der Waals surface area contributed by atoms with Crippen LogP contribution in [0.5, 0.6) is 5.75 Å². The van der Waals surface area contributed by atoms with Crippen LogP contribution in [0.1, 0.15) is 173 Å². The van der Waals surface area contributed by atoms with Crippen LogP contribution < -0.4 is 37.1 Å². The lowest BCUT2D eigenvalue weighted by atomic mass is 9.95. The SMILES string of the molecule is C=CC(=O)N1CC(C)N(c2nc(=O)n(-c3c(C(C)C)cncc3C(C)C)c3nc(-c4c(O)cccc4F)c(F)cc23)CC1C.C=CC(=O)N1CC(C)N(c2nc(=O)n(-c3c(C)ccnc3C(C)C)c3nc(-c4c(F)cccc4NC(C)=O)c(Cl)cc23)CC1C.C=CC(=O)N1CC(C)N(c2nc(=O)n(-c3c(C)ccnc3C(C)C)c3nc(-c4ccccc4C(F)F)c(Cl)cc23)CC1C. The first-order chi connectivity index (χ1) is 62.6. The second-order valence-corrected chi connectivity index (χ2v) is 35.6. The fraction of sp³-hybridized carbons (Fsp3) is 0.347. The number of alkyl halides is 2. The number of amides is 4. The van der Waals surface area contributed by atoms with E-state index in [1.165, 1.54) is 81.3 Å². The van der Waals surface area contributed by atoms with Crippen LogP contribution in [0.2, 0.25) is 10.0 Å². The molecule has 3 fully saturated rings. The van der Waals surface area contributed by atoms with Crippen LogP contribution in [0.3, 0.4) is 0 Å². The highest BCUT2D eigenvalue weighted by atomic mass is 35.5. The molecule has 0 aliphatic carbocycles. The van der Waals surface area contributed by atoms with Gasteiger partial charge in [-0.2, -0.15) is 15.0 Å². The summed E-state index contributed by atoms with van der Waals surface area (Å²) in [5, 5.41) is 14.6. The van der Waals surface area contributed by atoms with Crippen LogP contribution in [-0.4, -0.2) is 178 Å². The minimum Gasteiger partial charge on any atom is -0.507 e. The normalized spacial score (nSPS) is 17.0. The van der Waals surface area contributed by atoms with Crippen LogP contribution in [0.4, 0.5) is 45.1 Å². The van der Waals surface area contributed by atoms with Gasteiger partial charge in [-0.15, -0.1) is 0 Å². The number of nitrogens with one attached hydrogen (secondary N) is 1. The molecule has 12 aromatic rings. The van der Waals surface area contributed by atoms with Crippen molar-refractivity contribution in [2.75, 3.05) is 59.3 Å². The Labute approximate surface area is 770 Å². The number of fused-ring (bicyclic) bond motifs is 3. The number of hydrogen-bond acceptors (Lipinski definition) is 20. The van der Waals surface area contributed by atoms with Crippen molar-refractivity contribution in [3.05, 3.63) is 252 Å². The number of pyridine rings is 6. The van der Waals surface area contributed by atoms with Crippen LogP contribution in [0, 0.1) is 31.3 Å². The predicted octanol–water partition coefficient (Wildman–Crippen LogP) is 17.8. The molecule has 0 bridgehead atoms. The average molecular weight is 1840 g/mol. The zero-order valence-corrected chi connectivity index (χ0v) is 77.9. The summed E-state index contributed by atoms with van der Waals surface area (Å²) in [6.45, 7) is 45.4. The second-order valence-electron chi connectivity index (χ2n) is 34.7. The van der Waals surface area contributed by atoms with Crippen molar-refractivity contribution in [1.82, 2.24) is 73.3 Å². The first-order valence-electron chi connectivity index (χ1n) is 43.4. The topological polar surface area (TPSA) is 302 Å². The number of aromatic hydroxyl groups is 1. The van der Waals surface area contributed by atoms with E-state index in [9.17, 15) is 47.4 Å². The number of nitrogens with zero attached hydrogens (tertiary/aromatic N) is 18. The number of carbonyl (C=O) groups excluding carboxylic acids is 4. The van der Waals surface area contributed by atoms with E-state index in [0.29, 0.717) is 90.1 Å². The largest absolute Gasteiger partial charge is 0.507 e. The van der Waals surface area contributed by atoms with E-state index in [-0.39, 0.29) is 150 Å². The van der Waals surface area contributed by atoms with Crippen molar-refractivity contribution in [2.24, 2.45) is 0 Å². The molecule has 3 saturated heterocycles. The number of halogens is 7. The monoisotopic (exact) mass is 1840 g/mol. The smallest absolute Gasteiger partial charge is 0.355 e. The molecule has 3 aliphatic rings. The molecule has 2 N–H and O–H groups in total. The number of anilines is 4. The van der Waals surface area contributed by atoms with Gasteiger partial charge in [-0.05, 0) is 174 Å². The summed E-state index contributed by atoms with van der Waals surface area (Å²) in [6.07, 6.45) is 7.83. The number of phenolic OH excluding ortho intramolecular Hbond substituents is 1. The third-order valence-electron chi connectivity index (χ3n) is 24.1. The van der Waals surface area contributed by atoms with E-state index >= 15 is 13.2 Å². The van der Waals surface area contributed by atoms with Gasteiger partial charge in [0.25, 0.3) is 6.43 Å². The lowest BCUT2D eigenvalue weighted by molar-refractivity contribution is -0.129. The molecule has 3 aliphatic heterocycles. The Bertz CT molecular complexity index is 6760. The van der Waals surface area contributed by atoms with Crippen LogP contribution >= 0.6 is 23.2 Å². The molecular weight excluding hydrogens is 1740 g/mol. The standard InChI is InChI=1S/C33H35ClFN7O3.C33H36F2N6O3.C32H33ClF2N6O2/c1-8-26(44)40-15-20(6)41(16-19(40)5)31-22-14-23(34)29(27-24(35)10-9-11-25(27)37-21(7)43)38-32(22)42(33(45)39-31)30-18(4)12-13-36-28(30)17(2)3;1-8-27(43)39-15-20(7)40(16-19(39)6)31-21-12-25(35)29(28-24(34)10-9-11-26(28)42)37-32(21)41(33(44)38-31)30-22(17(2)3)13-36-14-23(30)18(4)5;1-7-25(42)39-15-20(6)40(16-19(39)5)30-23-14-24(33)27(21-10-8-9-11-22(21)29(34)35)37-31(23)41(32(43)38-30)28-18(4)12-13-36-26(28)17(2)3/h8-14,17,19-20H,1,15-16H2,2-7H3,(H,37,43);8-14,17-20,42H,1,15-16H2,2-7H3;7-14,17,19-20,29H,1,15-16H2,2-6H3. The summed E-state index contributed by atoms with van der Waals surface area (Å²) in [7, 11) is 0. The van der Waals surface area contributed by atoms with Crippen LogP contribution in [-0.2, 0) is 19.2 Å². The Morgan fingerprint density at radius 3 is 1.25 bits per heavy atom. The first-order valence-corrected chi connectivity index (χ1v) is 44.2. The van der Waals surface area contributed by atoms with Gasteiger partial charge in [-0.3, -0.25) is 34.1 Å². The summed E-state index contributed by atoms with van der Waals surface area (Å²) in [5.74, 6) is -3.14. The Hall–Kier alpha value is -13.5. The Balaban J connectivity index is 0.000000168. The number of rotatable bonds is 18. The molecule has 12 heterocycles. The highest BCUT2D eigenvalue weighted by Gasteiger charge is 2.40. The second kappa shape index (κ2) is 39.3. The number of aryl methyl sites for hydroxylation is 2. The maximum absolute atomic E-state index is 16.0. The Morgan fingerprint density at radius 2 is 0.848 bits per heavy atom. The summed E-state index contributed by atoms with van der Waals surface area (Å²) < 4.78 is 78.9. The van der Waals surface area contributed by atoms with E-state index in [2.05, 4.69) is 59.9 Å². The van der Waals surface area contributed by atoms with Crippen molar-refractivity contribution in [2.45, 2.75) is 184 Å². The molecule has 3 aromatic carbocycles. The van der Waals surface area contributed by atoms with Gasteiger partial charge in [-0.1, -0.05) is 135 Å². The van der Waals surface area contributed by atoms with Crippen molar-refractivity contribution < 1.29 is 46.2 Å². The molecule has 4 amide bonds. The minimum atomic E-state index is -2.76. The predicted molar refractivity (Wildman–Crippen MR) is 506 cm³/mol. The third-order valence-corrected chi connectivity index (χ3v) is 24.7. The number of benzene rings is 3. The summed E-state index contributed by atoms with van der Waals surface area (Å²) in [4.78, 5) is 144. The van der Waals surface area contributed by atoms with Gasteiger partial charge in [-0.25, -0.2) is 65.0 Å². The van der Waals surface area contributed by atoms with Gasteiger partial charge in [0.15, 0.2) is 22.8 Å². The fourth-order valence-corrected chi connectivity index (χ4v) is 18.0. The molecular formula is C98H104Cl2F5N19O8. The molecule has 9 aromatic heterocycles. The molecule has 27 nitrogen and oxygen atoms in total. The number of piperazine rings is 3. The zero-order valence-electron chi connectivity index (χ0n) is 76.4. The molecule has 0 saturated carbocycles. The Morgan fingerprint density at radius 1 is 0.462 bits per heavy atom. The van der Waals surface area contributed by atoms with Crippen molar-refractivity contribution in [3.63, 3.8) is 0 Å². The highest BCUT2D eigenvalue weighted by Crippen LogP contribution is 2.45. The first kappa shape index (κ1) is 96.1. The molecule has 6 atom stereocenters. The lowest BCUT2D eigenvalue weighted by Gasteiger charge is -2.44. The van der Waals surface area contributed by atoms with Gasteiger partial charge < -0.3 is 39.8 Å². The van der Waals surface area contributed by atoms with Gasteiger partial charge in [0.1, 0.15) is 40.5 Å². The van der Waals surface area contributed by atoms with E-state index in [4.69, 9.17) is 33.2 Å². The maximum atomic E-state index is 16.0. The molecule has 132 heavy (non-hydrogen) atoms. The minimum absolute atomic E-state index is 0.0116. The van der Waals surface area contributed by atoms with Crippen molar-refractivity contribution >= 4 is 103 Å². The maximum Gasteiger partial charge on any atom is 0.355 e. The van der Waals surface area contributed by atoms with Crippen molar-refractivity contribution in [3.8, 4) is 56.6 Å². The molecule has 0 radical (unpaired) electrons. The summed E-state index contributed by atoms with van der Waals surface area (Å²) >= 11 is 13.7. The molecule has 6 unspecified atom stereocenters. The van der Waals surface area contributed by atoms with Crippen LogP contribution in [0.15, 0.2) is 168 Å². The highest BCUT2D eigenvalue weighted by molar-refractivity contribution is 6.34. The lowest BCUT2D eigenvalue weighted by Crippen LogP contribution is -2.58. The number of carbonyl (C=O) groups is 4. The van der Waals surface area contributed by atoms with Crippen LogP contribution in [0.25, 0.3) is 83.9 Å². The van der Waals surface area contributed by atoms with E-state index in [1.807, 2.05) is 125 Å². The molecule has 15 rings (SSSR count). The van der Waals surface area contributed by atoms with Gasteiger partial charge in [0.2, 0.25) is 23.6 Å². The van der Waals surface area contributed by atoms with Crippen molar-refractivity contribution in [1.29, 1.82) is 0 Å². The fourth-order valence-electron chi connectivity index (χ4n) is 17.5. The summed E-state index contributed by atoms with van der Waals surface area (Å²) in [5.41, 5.74) is 4.08. The zero-order chi connectivity index (χ0) is 95.9. The number of aromatic nitrogens is 12. The Kier molecular flexibility index (Phi) is 28.6. The van der Waals surface area contributed by atoms with Gasteiger partial charge in [0, 0.05) is 118 Å². The average Bonchev–Trinajstić information content (AvgIpc) is 0.738. The van der Waals surface area contributed by atoms with E-state index in [1.54, 1.807) is 82.0 Å².